The monoisotopic (exact) mass is 344 g/mol. The Morgan fingerprint density at radius 3 is 2.70 bits per heavy atom. The molecule has 0 saturated carbocycles. The molecule has 0 aliphatic rings. The van der Waals surface area contributed by atoms with E-state index in [0.717, 1.165) is 32.3 Å². The predicted molar refractivity (Wildman–Crippen MR) is 93.0 cm³/mol. The summed E-state index contributed by atoms with van der Waals surface area (Å²) in [7, 11) is 3.90. The van der Waals surface area contributed by atoms with Crippen molar-refractivity contribution in [3.05, 3.63) is 36.2 Å². The highest BCUT2D eigenvalue weighted by Crippen LogP contribution is 2.32. The van der Waals surface area contributed by atoms with Gasteiger partial charge in [0.2, 0.25) is 5.13 Å². The van der Waals surface area contributed by atoms with Crippen LogP contribution >= 0.6 is 23.1 Å². The third kappa shape index (κ3) is 3.83. The van der Waals surface area contributed by atoms with Crippen LogP contribution in [0.1, 0.15) is 12.6 Å². The van der Waals surface area contributed by atoms with Gasteiger partial charge in [0.1, 0.15) is 10.7 Å². The van der Waals surface area contributed by atoms with Gasteiger partial charge >= 0.3 is 0 Å². The molecule has 0 atom stereocenters. The smallest absolute Gasteiger partial charge is 0.208 e. The fraction of sp³-hybridized carbons (Fsp3) is 0.267. The van der Waals surface area contributed by atoms with Crippen molar-refractivity contribution in [2.45, 2.75) is 22.7 Å². The minimum absolute atomic E-state index is 0.643. The van der Waals surface area contributed by atoms with Gasteiger partial charge in [0.25, 0.3) is 0 Å². The molecule has 0 unspecified atom stereocenters. The lowest BCUT2D eigenvalue weighted by atomic mass is 10.3. The first-order valence-electron chi connectivity index (χ1n) is 7.13. The lowest BCUT2D eigenvalue weighted by molar-refractivity contribution is 0.941. The van der Waals surface area contributed by atoms with Crippen LogP contribution < -0.4 is 4.90 Å². The molecule has 3 heterocycles. The molecule has 0 amide bonds. The molecule has 0 bridgehead atoms. The standard InChI is InChI=1S/C15H16N6S2/c1-4-10-9-12(22-15-20-19-14(23-15)21(2)3)18-13(17-10)11-7-5-6-8-16-11/h5-9H,4H2,1-3H3. The molecule has 0 aromatic carbocycles. The number of aryl methyl sites for hydroxylation is 1. The Kier molecular flexibility index (Phi) is 4.82. The second-order valence-electron chi connectivity index (χ2n) is 4.94. The van der Waals surface area contributed by atoms with Gasteiger partial charge in [0, 0.05) is 26.0 Å². The number of anilines is 1. The predicted octanol–water partition coefficient (Wildman–Crippen LogP) is 3.17. The summed E-state index contributed by atoms with van der Waals surface area (Å²) in [6.07, 6.45) is 2.59. The minimum atomic E-state index is 0.643. The number of rotatable bonds is 5. The Morgan fingerprint density at radius 1 is 1.17 bits per heavy atom. The van der Waals surface area contributed by atoms with E-state index in [1.54, 1.807) is 17.5 Å². The van der Waals surface area contributed by atoms with E-state index in [1.165, 1.54) is 11.8 Å². The Labute approximate surface area is 143 Å². The van der Waals surface area contributed by atoms with Crippen LogP contribution in [0.2, 0.25) is 0 Å². The highest BCUT2D eigenvalue weighted by molar-refractivity contribution is 8.01. The van der Waals surface area contributed by atoms with Crippen molar-refractivity contribution in [2.24, 2.45) is 0 Å². The second-order valence-corrected chi connectivity index (χ2v) is 7.16. The third-order valence-electron chi connectivity index (χ3n) is 2.98. The number of aromatic nitrogens is 5. The maximum atomic E-state index is 4.62. The lowest BCUT2D eigenvalue weighted by Crippen LogP contribution is -2.07. The van der Waals surface area contributed by atoms with Gasteiger partial charge in [-0.2, -0.15) is 0 Å². The van der Waals surface area contributed by atoms with Crippen molar-refractivity contribution in [1.29, 1.82) is 0 Å². The third-order valence-corrected chi connectivity index (χ3v) is 5.04. The number of pyridine rings is 1. The van der Waals surface area contributed by atoms with E-state index in [2.05, 4.69) is 32.1 Å². The summed E-state index contributed by atoms with van der Waals surface area (Å²) in [6.45, 7) is 2.08. The van der Waals surface area contributed by atoms with Crippen molar-refractivity contribution in [3.8, 4) is 11.5 Å². The lowest BCUT2D eigenvalue weighted by Gasteiger charge is -2.05. The summed E-state index contributed by atoms with van der Waals surface area (Å²) in [5, 5.41) is 10.1. The molecule has 3 rings (SSSR count). The number of hydrogen-bond acceptors (Lipinski definition) is 8. The Balaban J connectivity index is 1.92. The molecule has 0 aliphatic carbocycles. The summed E-state index contributed by atoms with van der Waals surface area (Å²) >= 11 is 3.05. The highest BCUT2D eigenvalue weighted by Gasteiger charge is 2.12. The zero-order valence-electron chi connectivity index (χ0n) is 13.1. The topological polar surface area (TPSA) is 67.7 Å². The molecule has 0 radical (unpaired) electrons. The van der Waals surface area contributed by atoms with E-state index in [4.69, 9.17) is 0 Å². The summed E-state index contributed by atoms with van der Waals surface area (Å²) in [6, 6.07) is 7.73. The normalized spacial score (nSPS) is 10.7. The molecule has 23 heavy (non-hydrogen) atoms. The molecule has 118 valence electrons. The quantitative estimate of drug-likeness (QED) is 0.659. The molecule has 8 heteroatoms. The molecular weight excluding hydrogens is 328 g/mol. The fourth-order valence-electron chi connectivity index (χ4n) is 1.83. The van der Waals surface area contributed by atoms with Gasteiger partial charge in [-0.1, -0.05) is 24.3 Å². The van der Waals surface area contributed by atoms with Crippen LogP contribution in [0.25, 0.3) is 11.5 Å². The summed E-state index contributed by atoms with van der Waals surface area (Å²) in [5.41, 5.74) is 1.76. The maximum Gasteiger partial charge on any atom is 0.208 e. The van der Waals surface area contributed by atoms with E-state index < -0.39 is 0 Å². The van der Waals surface area contributed by atoms with E-state index in [0.29, 0.717) is 5.82 Å². The minimum Gasteiger partial charge on any atom is -0.353 e. The van der Waals surface area contributed by atoms with Crippen molar-refractivity contribution in [1.82, 2.24) is 25.1 Å². The van der Waals surface area contributed by atoms with E-state index in [9.17, 15) is 0 Å². The van der Waals surface area contributed by atoms with Crippen LogP contribution in [0, 0.1) is 0 Å². The molecular formula is C15H16N6S2. The Hall–Kier alpha value is -2.06. The molecule has 3 aromatic rings. The maximum absolute atomic E-state index is 4.62. The van der Waals surface area contributed by atoms with Gasteiger partial charge in [-0.3, -0.25) is 4.98 Å². The molecule has 0 spiro atoms. The van der Waals surface area contributed by atoms with Crippen molar-refractivity contribution >= 4 is 28.2 Å². The SMILES string of the molecule is CCc1cc(Sc2nnc(N(C)C)s2)nc(-c2ccccn2)n1. The van der Waals surface area contributed by atoms with Gasteiger partial charge in [0.15, 0.2) is 10.2 Å². The van der Waals surface area contributed by atoms with Crippen molar-refractivity contribution < 1.29 is 0 Å². The van der Waals surface area contributed by atoms with Gasteiger partial charge < -0.3 is 4.90 Å². The summed E-state index contributed by atoms with van der Waals surface area (Å²) in [5.74, 6) is 0.643. The van der Waals surface area contributed by atoms with Crippen molar-refractivity contribution in [2.75, 3.05) is 19.0 Å². The summed E-state index contributed by atoms with van der Waals surface area (Å²) < 4.78 is 0.862. The first-order chi connectivity index (χ1) is 11.2. The number of hydrogen-bond donors (Lipinski definition) is 0. The van der Waals surface area contributed by atoms with E-state index in [1.807, 2.05) is 43.3 Å². The molecule has 0 N–H and O–H groups in total. The molecule has 6 nitrogen and oxygen atoms in total. The first kappa shape index (κ1) is 15.8. The fourth-order valence-corrected chi connectivity index (χ4v) is 3.57. The molecule has 0 saturated heterocycles. The zero-order chi connectivity index (χ0) is 16.2. The Bertz CT molecular complexity index is 788. The highest BCUT2D eigenvalue weighted by atomic mass is 32.2. The van der Waals surface area contributed by atoms with Crippen LogP contribution in [0.5, 0.6) is 0 Å². The second kappa shape index (κ2) is 7.01. The van der Waals surface area contributed by atoms with Crippen LogP contribution in [0.3, 0.4) is 0 Å². The van der Waals surface area contributed by atoms with Gasteiger partial charge in [-0.25, -0.2) is 9.97 Å². The van der Waals surface area contributed by atoms with Gasteiger partial charge in [-0.05, 0) is 36.4 Å². The number of nitrogens with zero attached hydrogens (tertiary/aromatic N) is 6. The molecule has 3 aromatic heterocycles. The first-order valence-corrected chi connectivity index (χ1v) is 8.77. The molecule has 0 aliphatic heterocycles. The van der Waals surface area contributed by atoms with Crippen molar-refractivity contribution in [3.63, 3.8) is 0 Å². The zero-order valence-corrected chi connectivity index (χ0v) is 14.7. The molecule has 0 fully saturated rings. The van der Waals surface area contributed by atoms with Gasteiger partial charge in [0.05, 0.1) is 0 Å². The van der Waals surface area contributed by atoms with E-state index in [-0.39, 0.29) is 0 Å². The van der Waals surface area contributed by atoms with Crippen LogP contribution in [0.15, 0.2) is 39.8 Å². The van der Waals surface area contributed by atoms with Crippen LogP contribution in [-0.2, 0) is 6.42 Å². The van der Waals surface area contributed by atoms with Crippen LogP contribution in [-0.4, -0.2) is 39.2 Å². The summed E-state index contributed by atoms with van der Waals surface area (Å²) in [4.78, 5) is 15.5. The largest absolute Gasteiger partial charge is 0.353 e. The van der Waals surface area contributed by atoms with E-state index >= 15 is 0 Å². The average Bonchev–Trinajstić information content (AvgIpc) is 3.04. The van der Waals surface area contributed by atoms with Gasteiger partial charge in [-0.15, -0.1) is 10.2 Å². The Morgan fingerprint density at radius 2 is 2.04 bits per heavy atom. The van der Waals surface area contributed by atoms with Crippen LogP contribution in [0.4, 0.5) is 5.13 Å². The average molecular weight is 344 g/mol.